The molecule has 0 aromatic heterocycles. The lowest BCUT2D eigenvalue weighted by Gasteiger charge is -2.22. The van der Waals surface area contributed by atoms with Gasteiger partial charge in [-0.15, -0.1) is 0 Å². The van der Waals surface area contributed by atoms with Crippen molar-refractivity contribution in [3.8, 4) is 5.75 Å². The highest BCUT2D eigenvalue weighted by atomic mass is 16.5. The summed E-state index contributed by atoms with van der Waals surface area (Å²) in [5, 5.41) is 3.13. The maximum Gasteiger partial charge on any atom is 0.223 e. The van der Waals surface area contributed by atoms with Crippen LogP contribution in [0.1, 0.15) is 58.8 Å². The molecule has 1 aromatic rings. The minimum absolute atomic E-state index is 0.0316. The molecule has 0 radical (unpaired) electrons. The second-order valence-electron chi connectivity index (χ2n) is 6.60. The number of ether oxygens (including phenoxy) is 1. The molecule has 1 aliphatic rings. The number of nitrogens with one attached hydrogen (secondary N) is 1. The first-order valence-electron chi connectivity index (χ1n) is 9.40. The Morgan fingerprint density at radius 3 is 2.32 bits per heavy atom. The van der Waals surface area contributed by atoms with E-state index in [0.29, 0.717) is 25.6 Å². The van der Waals surface area contributed by atoms with E-state index in [9.17, 15) is 9.59 Å². The summed E-state index contributed by atoms with van der Waals surface area (Å²) in [7, 11) is 0. The third-order valence-corrected chi connectivity index (χ3v) is 4.62. The van der Waals surface area contributed by atoms with Gasteiger partial charge in [0, 0.05) is 31.6 Å². The molecule has 0 spiro atoms. The first-order valence-corrected chi connectivity index (χ1v) is 9.40. The van der Waals surface area contributed by atoms with Crippen LogP contribution in [0.4, 0.5) is 5.69 Å². The summed E-state index contributed by atoms with van der Waals surface area (Å²) in [4.78, 5) is 25.9. The van der Waals surface area contributed by atoms with Gasteiger partial charge in [0.05, 0.1) is 6.61 Å². The number of anilines is 1. The van der Waals surface area contributed by atoms with E-state index >= 15 is 0 Å². The fraction of sp³-hybridized carbons (Fsp3) is 0.600. The Balaban J connectivity index is 1.88. The first-order chi connectivity index (χ1) is 12.1. The number of rotatable bonds is 7. The Labute approximate surface area is 150 Å². The fourth-order valence-corrected chi connectivity index (χ4v) is 3.29. The third kappa shape index (κ3) is 6.40. The largest absolute Gasteiger partial charge is 0.494 e. The Morgan fingerprint density at radius 2 is 1.76 bits per heavy atom. The summed E-state index contributed by atoms with van der Waals surface area (Å²) >= 11 is 0. The smallest absolute Gasteiger partial charge is 0.223 e. The molecule has 1 aromatic carbocycles. The van der Waals surface area contributed by atoms with Crippen molar-refractivity contribution in [2.24, 2.45) is 0 Å². The van der Waals surface area contributed by atoms with Gasteiger partial charge in [0.1, 0.15) is 5.75 Å². The molecule has 0 bridgehead atoms. The van der Waals surface area contributed by atoms with Gasteiger partial charge in [-0.25, -0.2) is 0 Å². The van der Waals surface area contributed by atoms with Gasteiger partial charge < -0.3 is 15.0 Å². The van der Waals surface area contributed by atoms with Crippen LogP contribution in [0, 0.1) is 0 Å². The maximum absolute atomic E-state index is 12.3. The van der Waals surface area contributed by atoms with Gasteiger partial charge in [-0.1, -0.05) is 25.7 Å². The highest BCUT2D eigenvalue weighted by Crippen LogP contribution is 2.20. The number of hydrogen-bond donors (Lipinski definition) is 1. The lowest BCUT2D eigenvalue weighted by Crippen LogP contribution is -2.38. The van der Waals surface area contributed by atoms with Gasteiger partial charge >= 0.3 is 0 Å². The average Bonchev–Trinajstić information content (AvgIpc) is 2.85. The van der Waals surface area contributed by atoms with Crippen molar-refractivity contribution < 1.29 is 14.3 Å². The van der Waals surface area contributed by atoms with E-state index in [1.807, 2.05) is 31.2 Å². The number of carbonyl (C=O) groups is 2. The number of amides is 2. The summed E-state index contributed by atoms with van der Waals surface area (Å²) in [6, 6.07) is 7.71. The molecule has 1 saturated carbocycles. The van der Waals surface area contributed by atoms with Crippen LogP contribution in [0.25, 0.3) is 0 Å². The molecule has 2 rings (SSSR count). The highest BCUT2D eigenvalue weighted by molar-refractivity contribution is 5.92. The Kier molecular flexibility index (Phi) is 7.76. The van der Waals surface area contributed by atoms with Crippen molar-refractivity contribution in [2.45, 2.75) is 64.8 Å². The lowest BCUT2D eigenvalue weighted by molar-refractivity contribution is -0.121. The number of hydrogen-bond acceptors (Lipinski definition) is 3. The predicted molar refractivity (Wildman–Crippen MR) is 99.9 cm³/mol. The molecule has 0 atom stereocenters. The summed E-state index contributed by atoms with van der Waals surface area (Å²) in [6.07, 6.45) is 7.38. The molecule has 0 aliphatic heterocycles. The molecule has 0 heterocycles. The van der Waals surface area contributed by atoms with Crippen LogP contribution in [0.5, 0.6) is 5.75 Å². The van der Waals surface area contributed by atoms with Crippen molar-refractivity contribution in [3.05, 3.63) is 24.3 Å². The Hall–Kier alpha value is -2.04. The average molecular weight is 346 g/mol. The van der Waals surface area contributed by atoms with Crippen LogP contribution in [-0.4, -0.2) is 31.0 Å². The summed E-state index contributed by atoms with van der Waals surface area (Å²) in [5.41, 5.74) is 0.790. The molecule has 25 heavy (non-hydrogen) atoms. The molecule has 138 valence electrons. The normalized spacial score (nSPS) is 15.3. The summed E-state index contributed by atoms with van der Waals surface area (Å²) < 4.78 is 5.43. The molecule has 5 heteroatoms. The number of benzene rings is 1. The van der Waals surface area contributed by atoms with Gasteiger partial charge in [-0.05, 0) is 44.0 Å². The number of carbonyl (C=O) groups excluding carboxylic acids is 2. The zero-order chi connectivity index (χ0) is 18.1. The molecule has 1 aliphatic carbocycles. The second-order valence-corrected chi connectivity index (χ2v) is 6.60. The molecule has 1 N–H and O–H groups in total. The fourth-order valence-electron chi connectivity index (χ4n) is 3.29. The van der Waals surface area contributed by atoms with Crippen molar-refractivity contribution >= 4 is 17.5 Å². The summed E-state index contributed by atoms with van der Waals surface area (Å²) in [6.45, 7) is 4.46. The molecule has 0 saturated heterocycles. The zero-order valence-electron chi connectivity index (χ0n) is 15.4. The SMILES string of the molecule is CCOc1ccc(N(CCC(=O)NC2CCCCCC2)C(C)=O)cc1. The van der Waals surface area contributed by atoms with Crippen LogP contribution >= 0.6 is 0 Å². The van der Waals surface area contributed by atoms with E-state index in [-0.39, 0.29) is 11.8 Å². The Morgan fingerprint density at radius 1 is 1.12 bits per heavy atom. The van der Waals surface area contributed by atoms with E-state index in [1.165, 1.54) is 32.6 Å². The Bertz CT molecular complexity index is 549. The molecular formula is C20H30N2O3. The van der Waals surface area contributed by atoms with Gasteiger partial charge in [0.2, 0.25) is 11.8 Å². The minimum Gasteiger partial charge on any atom is -0.494 e. The minimum atomic E-state index is -0.0635. The van der Waals surface area contributed by atoms with Crippen molar-refractivity contribution in [1.29, 1.82) is 0 Å². The van der Waals surface area contributed by atoms with E-state index in [4.69, 9.17) is 4.74 Å². The molecule has 5 nitrogen and oxygen atoms in total. The molecular weight excluding hydrogens is 316 g/mol. The van der Waals surface area contributed by atoms with Gasteiger partial charge in [0.25, 0.3) is 0 Å². The first kappa shape index (κ1) is 19.3. The van der Waals surface area contributed by atoms with Crippen molar-refractivity contribution in [1.82, 2.24) is 5.32 Å². The monoisotopic (exact) mass is 346 g/mol. The molecule has 1 fully saturated rings. The second kappa shape index (κ2) is 10.1. The lowest BCUT2D eigenvalue weighted by atomic mass is 10.1. The van der Waals surface area contributed by atoms with E-state index < -0.39 is 0 Å². The van der Waals surface area contributed by atoms with E-state index in [1.54, 1.807) is 4.90 Å². The predicted octanol–water partition coefficient (Wildman–Crippen LogP) is 3.67. The molecule has 2 amide bonds. The quantitative estimate of drug-likeness (QED) is 0.767. The van der Waals surface area contributed by atoms with E-state index in [2.05, 4.69) is 5.32 Å². The van der Waals surface area contributed by atoms with Crippen LogP contribution < -0.4 is 15.0 Å². The van der Waals surface area contributed by atoms with Gasteiger partial charge in [0.15, 0.2) is 0 Å². The van der Waals surface area contributed by atoms with Crippen LogP contribution in [-0.2, 0) is 9.59 Å². The van der Waals surface area contributed by atoms with Crippen molar-refractivity contribution in [2.75, 3.05) is 18.1 Å². The highest BCUT2D eigenvalue weighted by Gasteiger charge is 2.17. The van der Waals surface area contributed by atoms with Gasteiger partial charge in [-0.2, -0.15) is 0 Å². The standard InChI is InChI=1S/C20H30N2O3/c1-3-25-19-12-10-18(11-13-19)22(16(2)23)15-14-20(24)21-17-8-6-4-5-7-9-17/h10-13,17H,3-9,14-15H2,1-2H3,(H,21,24). The summed E-state index contributed by atoms with van der Waals surface area (Å²) in [5.74, 6) is 0.747. The van der Waals surface area contributed by atoms with E-state index in [0.717, 1.165) is 24.3 Å². The van der Waals surface area contributed by atoms with Crippen LogP contribution in [0.15, 0.2) is 24.3 Å². The molecule has 0 unspecified atom stereocenters. The zero-order valence-corrected chi connectivity index (χ0v) is 15.4. The van der Waals surface area contributed by atoms with Gasteiger partial charge in [-0.3, -0.25) is 9.59 Å². The van der Waals surface area contributed by atoms with Crippen molar-refractivity contribution in [3.63, 3.8) is 0 Å². The number of nitrogens with zero attached hydrogens (tertiary/aromatic N) is 1. The maximum atomic E-state index is 12.3. The van der Waals surface area contributed by atoms with Crippen LogP contribution in [0.3, 0.4) is 0 Å². The van der Waals surface area contributed by atoms with Crippen LogP contribution in [0.2, 0.25) is 0 Å². The topological polar surface area (TPSA) is 58.6 Å². The third-order valence-electron chi connectivity index (χ3n) is 4.62.